The van der Waals surface area contributed by atoms with Gasteiger partial charge in [0.2, 0.25) is 0 Å². The van der Waals surface area contributed by atoms with Crippen molar-refractivity contribution in [2.75, 3.05) is 13.6 Å². The van der Waals surface area contributed by atoms with Crippen LogP contribution in [0.4, 0.5) is 13.2 Å². The summed E-state index contributed by atoms with van der Waals surface area (Å²) in [6.07, 6.45) is -4.39. The third-order valence-corrected chi connectivity index (χ3v) is 2.81. The molecular formula is C11H11BrF3NO. The molecule has 0 radical (unpaired) electrons. The number of hydrogen-bond donors (Lipinski definition) is 0. The second-order valence-electron chi connectivity index (χ2n) is 3.76. The van der Waals surface area contributed by atoms with Gasteiger partial charge in [-0.15, -0.1) is 0 Å². The van der Waals surface area contributed by atoms with Crippen molar-refractivity contribution < 1.29 is 18.0 Å². The molecule has 0 fully saturated rings. The summed E-state index contributed by atoms with van der Waals surface area (Å²) in [4.78, 5) is 12.4. The third kappa shape index (κ3) is 4.03. The van der Waals surface area contributed by atoms with Crippen LogP contribution in [0.1, 0.15) is 15.9 Å². The normalized spacial score (nSPS) is 11.4. The lowest BCUT2D eigenvalue weighted by Crippen LogP contribution is -2.36. The first-order valence-electron chi connectivity index (χ1n) is 4.79. The highest BCUT2D eigenvalue weighted by atomic mass is 79.9. The average Bonchev–Trinajstić information content (AvgIpc) is 2.18. The van der Waals surface area contributed by atoms with Crippen LogP contribution in [-0.2, 0) is 0 Å². The van der Waals surface area contributed by atoms with Crippen LogP contribution in [0, 0.1) is 6.92 Å². The van der Waals surface area contributed by atoms with Crippen LogP contribution in [0.15, 0.2) is 22.7 Å². The standard InChI is InChI=1S/C11H11BrF3NO/c1-7-3-4-9(12)8(5-7)10(17)16(2)6-11(13,14)15/h3-5H,6H2,1-2H3. The molecule has 0 unspecified atom stereocenters. The number of carbonyl (C=O) groups is 1. The summed E-state index contributed by atoms with van der Waals surface area (Å²) in [6, 6.07) is 4.97. The SMILES string of the molecule is Cc1ccc(Br)c(C(=O)N(C)CC(F)(F)F)c1. The fourth-order valence-electron chi connectivity index (χ4n) is 1.35. The Labute approximate surface area is 106 Å². The van der Waals surface area contributed by atoms with Gasteiger partial charge in [0.1, 0.15) is 6.54 Å². The largest absolute Gasteiger partial charge is 0.406 e. The third-order valence-electron chi connectivity index (χ3n) is 2.12. The molecule has 1 aromatic rings. The zero-order valence-corrected chi connectivity index (χ0v) is 10.9. The highest BCUT2D eigenvalue weighted by molar-refractivity contribution is 9.10. The molecule has 1 rings (SSSR count). The Morgan fingerprint density at radius 1 is 1.41 bits per heavy atom. The average molecular weight is 310 g/mol. The minimum Gasteiger partial charge on any atom is -0.333 e. The molecule has 6 heteroatoms. The van der Waals surface area contributed by atoms with E-state index in [9.17, 15) is 18.0 Å². The van der Waals surface area contributed by atoms with Crippen LogP contribution in [0.2, 0.25) is 0 Å². The number of rotatable bonds is 2. The van der Waals surface area contributed by atoms with Crippen LogP contribution in [0.25, 0.3) is 0 Å². The number of nitrogens with zero attached hydrogens (tertiary/aromatic N) is 1. The summed E-state index contributed by atoms with van der Waals surface area (Å²) in [6.45, 7) is 0.513. The Morgan fingerprint density at radius 3 is 2.53 bits per heavy atom. The Balaban J connectivity index is 2.93. The number of amides is 1. The van der Waals surface area contributed by atoms with E-state index in [2.05, 4.69) is 15.9 Å². The van der Waals surface area contributed by atoms with Crippen LogP contribution < -0.4 is 0 Å². The van der Waals surface area contributed by atoms with E-state index in [0.717, 1.165) is 12.6 Å². The van der Waals surface area contributed by atoms with Gasteiger partial charge in [0.15, 0.2) is 0 Å². The fourth-order valence-corrected chi connectivity index (χ4v) is 1.77. The van der Waals surface area contributed by atoms with Gasteiger partial charge in [0.25, 0.3) is 5.91 Å². The van der Waals surface area contributed by atoms with Gasteiger partial charge in [-0.05, 0) is 35.0 Å². The Bertz CT molecular complexity index is 431. The molecule has 2 nitrogen and oxygen atoms in total. The second kappa shape index (κ2) is 5.08. The number of benzene rings is 1. The molecule has 0 saturated carbocycles. The summed E-state index contributed by atoms with van der Waals surface area (Å²) in [5, 5.41) is 0. The van der Waals surface area contributed by atoms with E-state index in [4.69, 9.17) is 0 Å². The molecule has 0 atom stereocenters. The molecule has 0 N–H and O–H groups in total. The Kier molecular flexibility index (Phi) is 4.19. The number of halogens is 4. The molecule has 1 amide bonds. The smallest absolute Gasteiger partial charge is 0.333 e. The highest BCUT2D eigenvalue weighted by Crippen LogP contribution is 2.22. The monoisotopic (exact) mass is 309 g/mol. The Hall–Kier alpha value is -1.04. The lowest BCUT2D eigenvalue weighted by atomic mass is 10.1. The van der Waals surface area contributed by atoms with Gasteiger partial charge in [0.05, 0.1) is 5.56 Å². The van der Waals surface area contributed by atoms with E-state index in [1.165, 1.54) is 0 Å². The van der Waals surface area contributed by atoms with E-state index in [1.807, 2.05) is 0 Å². The maximum atomic E-state index is 12.2. The molecule has 94 valence electrons. The minimum atomic E-state index is -4.39. The molecule has 0 aliphatic rings. The predicted octanol–water partition coefficient (Wildman–Crippen LogP) is 3.39. The lowest BCUT2D eigenvalue weighted by molar-refractivity contribution is -0.138. The molecule has 1 aromatic carbocycles. The summed E-state index contributed by atoms with van der Waals surface area (Å²) in [7, 11) is 1.13. The first kappa shape index (κ1) is 14.0. The maximum Gasteiger partial charge on any atom is 0.406 e. The predicted molar refractivity (Wildman–Crippen MR) is 61.9 cm³/mol. The molecule has 0 heterocycles. The zero-order valence-electron chi connectivity index (χ0n) is 9.31. The number of aryl methyl sites for hydroxylation is 1. The van der Waals surface area contributed by atoms with Crippen molar-refractivity contribution in [2.45, 2.75) is 13.1 Å². The van der Waals surface area contributed by atoms with Gasteiger partial charge in [-0.1, -0.05) is 11.6 Å². The molecule has 0 bridgehead atoms. The van der Waals surface area contributed by atoms with Crippen molar-refractivity contribution in [3.05, 3.63) is 33.8 Å². The first-order valence-corrected chi connectivity index (χ1v) is 5.58. The number of alkyl halides is 3. The van der Waals surface area contributed by atoms with E-state index in [1.54, 1.807) is 25.1 Å². The summed E-state index contributed by atoms with van der Waals surface area (Å²) < 4.78 is 37.0. The first-order chi connectivity index (χ1) is 7.70. The van der Waals surface area contributed by atoms with Gasteiger partial charge < -0.3 is 4.90 Å². The van der Waals surface area contributed by atoms with E-state index in [0.29, 0.717) is 9.37 Å². The molecular weight excluding hydrogens is 299 g/mol. The van der Waals surface area contributed by atoms with Gasteiger partial charge >= 0.3 is 6.18 Å². The van der Waals surface area contributed by atoms with E-state index in [-0.39, 0.29) is 5.56 Å². The zero-order chi connectivity index (χ0) is 13.2. The number of hydrogen-bond acceptors (Lipinski definition) is 1. The van der Waals surface area contributed by atoms with Gasteiger partial charge in [-0.25, -0.2) is 0 Å². The molecule has 17 heavy (non-hydrogen) atoms. The van der Waals surface area contributed by atoms with Crippen LogP contribution in [0.3, 0.4) is 0 Å². The molecule has 0 spiro atoms. The summed E-state index contributed by atoms with van der Waals surface area (Å²) >= 11 is 3.15. The molecule has 0 aliphatic carbocycles. The minimum absolute atomic E-state index is 0.233. The second-order valence-corrected chi connectivity index (χ2v) is 4.61. The quantitative estimate of drug-likeness (QED) is 0.820. The Morgan fingerprint density at radius 2 is 2.00 bits per heavy atom. The highest BCUT2D eigenvalue weighted by Gasteiger charge is 2.31. The van der Waals surface area contributed by atoms with E-state index < -0.39 is 18.6 Å². The van der Waals surface area contributed by atoms with Crippen LogP contribution in [-0.4, -0.2) is 30.6 Å². The maximum absolute atomic E-state index is 12.2. The van der Waals surface area contributed by atoms with Crippen molar-refractivity contribution in [2.24, 2.45) is 0 Å². The summed E-state index contributed by atoms with van der Waals surface area (Å²) in [5.74, 6) is -0.655. The van der Waals surface area contributed by atoms with Crippen molar-refractivity contribution in [3.63, 3.8) is 0 Å². The molecule has 0 saturated heterocycles. The molecule has 0 aliphatic heterocycles. The van der Waals surface area contributed by atoms with Gasteiger partial charge in [-0.3, -0.25) is 4.79 Å². The van der Waals surface area contributed by atoms with Gasteiger partial charge in [-0.2, -0.15) is 13.2 Å². The van der Waals surface area contributed by atoms with Crippen molar-refractivity contribution in [1.29, 1.82) is 0 Å². The van der Waals surface area contributed by atoms with Gasteiger partial charge in [0, 0.05) is 11.5 Å². The van der Waals surface area contributed by atoms with Crippen molar-refractivity contribution >= 4 is 21.8 Å². The number of carbonyl (C=O) groups excluding carboxylic acids is 1. The van der Waals surface area contributed by atoms with Crippen LogP contribution in [0.5, 0.6) is 0 Å². The molecule has 0 aromatic heterocycles. The summed E-state index contributed by atoms with van der Waals surface area (Å²) in [5.41, 5.74) is 1.05. The topological polar surface area (TPSA) is 20.3 Å². The van der Waals surface area contributed by atoms with E-state index >= 15 is 0 Å². The fraction of sp³-hybridized carbons (Fsp3) is 0.364. The van der Waals surface area contributed by atoms with Crippen molar-refractivity contribution in [3.8, 4) is 0 Å². The lowest BCUT2D eigenvalue weighted by Gasteiger charge is -2.19. The van der Waals surface area contributed by atoms with Crippen LogP contribution >= 0.6 is 15.9 Å². The van der Waals surface area contributed by atoms with Crippen molar-refractivity contribution in [1.82, 2.24) is 4.90 Å².